The fraction of sp³-hybridized carbons (Fsp3) is 0.429. The number of nitrogens with one attached hydrogen (secondary N) is 1. The molecule has 0 atom stereocenters. The molecule has 38 heavy (non-hydrogen) atoms. The van der Waals surface area contributed by atoms with Crippen molar-refractivity contribution >= 4 is 33.2 Å². The molecule has 1 fully saturated rings. The van der Waals surface area contributed by atoms with Crippen molar-refractivity contribution < 1.29 is 17.7 Å². The second kappa shape index (κ2) is 14.2. The van der Waals surface area contributed by atoms with Crippen LogP contribution in [0.15, 0.2) is 53.5 Å². The Labute approximate surface area is 225 Å². The van der Waals surface area contributed by atoms with Gasteiger partial charge in [0.25, 0.3) is 5.56 Å². The van der Waals surface area contributed by atoms with E-state index in [1.165, 1.54) is 6.42 Å². The summed E-state index contributed by atoms with van der Waals surface area (Å²) < 4.78 is 38.0. The monoisotopic (exact) mass is 542 g/mol. The fourth-order valence-corrected chi connectivity index (χ4v) is 5.00. The number of rotatable bonds is 9. The first-order valence-corrected chi connectivity index (χ1v) is 14.3. The quantitative estimate of drug-likeness (QED) is 0.307. The van der Waals surface area contributed by atoms with E-state index < -0.39 is 10.3 Å². The van der Waals surface area contributed by atoms with Gasteiger partial charge in [-0.15, -0.1) is 0 Å². The van der Waals surface area contributed by atoms with E-state index in [4.69, 9.17) is 9.29 Å². The lowest BCUT2D eigenvalue weighted by Crippen LogP contribution is -2.35. The zero-order valence-electron chi connectivity index (χ0n) is 22.3. The molecule has 1 heterocycles. The normalized spacial score (nSPS) is 14.6. The molecule has 0 spiro atoms. The third-order valence-corrected chi connectivity index (χ3v) is 6.99. The number of benzene rings is 2. The van der Waals surface area contributed by atoms with Crippen LogP contribution in [-0.4, -0.2) is 61.4 Å². The third-order valence-electron chi connectivity index (χ3n) is 6.36. The average molecular weight is 543 g/mol. The largest absolute Gasteiger partial charge is 0.497 e. The Morgan fingerprint density at radius 2 is 1.74 bits per heavy atom. The van der Waals surface area contributed by atoms with Gasteiger partial charge in [0, 0.05) is 18.0 Å². The van der Waals surface area contributed by atoms with E-state index in [9.17, 15) is 13.2 Å². The van der Waals surface area contributed by atoms with E-state index in [1.54, 1.807) is 18.0 Å². The molecule has 0 aliphatic heterocycles. The minimum Gasteiger partial charge on any atom is -0.497 e. The van der Waals surface area contributed by atoms with Gasteiger partial charge in [0.1, 0.15) is 5.75 Å². The van der Waals surface area contributed by atoms with Crippen molar-refractivity contribution in [3.05, 3.63) is 70.1 Å². The summed E-state index contributed by atoms with van der Waals surface area (Å²) in [6.45, 7) is 1.56. The van der Waals surface area contributed by atoms with Gasteiger partial charge in [0.2, 0.25) is 0 Å². The Kier molecular flexibility index (Phi) is 11.0. The van der Waals surface area contributed by atoms with Crippen molar-refractivity contribution in [1.82, 2.24) is 19.4 Å². The van der Waals surface area contributed by atoms with Gasteiger partial charge in [-0.2, -0.15) is 18.2 Å². The summed E-state index contributed by atoms with van der Waals surface area (Å²) in [4.78, 5) is 14.7. The summed E-state index contributed by atoms with van der Waals surface area (Å²) in [5, 5.41) is 5.90. The van der Waals surface area contributed by atoms with E-state index in [1.807, 2.05) is 68.7 Å². The van der Waals surface area contributed by atoms with Crippen LogP contribution in [-0.2, 0) is 16.8 Å². The Bertz CT molecular complexity index is 1360. The van der Waals surface area contributed by atoms with Gasteiger partial charge in [-0.1, -0.05) is 49.6 Å². The van der Waals surface area contributed by atoms with Crippen molar-refractivity contribution in [2.75, 3.05) is 27.7 Å². The molecule has 206 valence electrons. The molecule has 1 saturated carbocycles. The van der Waals surface area contributed by atoms with Crippen molar-refractivity contribution in [1.29, 1.82) is 0 Å². The van der Waals surface area contributed by atoms with Gasteiger partial charge < -0.3 is 9.64 Å². The number of hydrogen-bond acceptors (Lipinski definition) is 6. The zero-order chi connectivity index (χ0) is 27.5. The minimum atomic E-state index is -3.97. The van der Waals surface area contributed by atoms with Gasteiger partial charge in [-0.25, -0.2) is 4.68 Å². The molecule has 0 amide bonds. The number of ether oxygens (including phenoxy) is 1. The first kappa shape index (κ1) is 29.5. The standard InChI is InChI=1S/C22H25N3O2.C6H13NO3S/c1-24(2)13-4-14-25-22(26)21-12-9-18(15-19(21)16-23-25)6-5-17-7-10-20(27-3)11-8-17;8-11(9,10)7-6-4-2-1-3-5-6/h5-12,15-16H,4,13-14H2,1-3H3;6-7H,1-5H2,(H,8,9,10)/b6-5-;. The number of aryl methyl sites for hydroxylation is 1. The van der Waals surface area contributed by atoms with Gasteiger partial charge in [-0.3, -0.25) is 9.35 Å². The van der Waals surface area contributed by atoms with Crippen molar-refractivity contribution in [3.8, 4) is 5.75 Å². The minimum absolute atomic E-state index is 0.0306. The highest BCUT2D eigenvalue weighted by Crippen LogP contribution is 2.18. The molecule has 10 heteroatoms. The molecule has 2 aromatic carbocycles. The highest BCUT2D eigenvalue weighted by molar-refractivity contribution is 7.83. The molecular weight excluding hydrogens is 504 g/mol. The lowest BCUT2D eigenvalue weighted by Gasteiger charge is -2.20. The van der Waals surface area contributed by atoms with Gasteiger partial charge in [0.15, 0.2) is 0 Å². The number of methoxy groups -OCH3 is 1. The Hall–Kier alpha value is -3.05. The van der Waals surface area contributed by atoms with Gasteiger partial charge in [-0.05, 0) is 75.3 Å². The maximum absolute atomic E-state index is 12.6. The average Bonchev–Trinajstić information content (AvgIpc) is 2.89. The zero-order valence-corrected chi connectivity index (χ0v) is 23.2. The van der Waals surface area contributed by atoms with Crippen LogP contribution in [0.3, 0.4) is 0 Å². The summed E-state index contributed by atoms with van der Waals surface area (Å²) in [6.07, 6.45) is 11.7. The van der Waals surface area contributed by atoms with Crippen LogP contribution in [0.25, 0.3) is 22.9 Å². The van der Waals surface area contributed by atoms with Gasteiger partial charge in [0.05, 0.1) is 18.7 Å². The van der Waals surface area contributed by atoms with Crippen molar-refractivity contribution in [2.24, 2.45) is 0 Å². The van der Waals surface area contributed by atoms with Gasteiger partial charge >= 0.3 is 10.3 Å². The smallest absolute Gasteiger partial charge is 0.333 e. The molecule has 3 aromatic rings. The Morgan fingerprint density at radius 1 is 1.08 bits per heavy atom. The SMILES string of the molecule is COc1ccc(/C=C\c2ccc3c(=O)n(CCCN(C)C)ncc3c2)cc1.O=S(=O)(O)NC1CCCCC1. The molecule has 4 rings (SSSR count). The van der Waals surface area contributed by atoms with E-state index in [0.717, 1.165) is 60.9 Å². The predicted octanol–water partition coefficient (Wildman–Crippen LogP) is 4.24. The molecule has 0 saturated heterocycles. The molecule has 0 bridgehead atoms. The number of fused-ring (bicyclic) bond motifs is 1. The number of nitrogens with zero attached hydrogens (tertiary/aromatic N) is 3. The van der Waals surface area contributed by atoms with Crippen LogP contribution in [0, 0.1) is 0 Å². The van der Waals surface area contributed by atoms with Crippen LogP contribution in [0.2, 0.25) is 0 Å². The van der Waals surface area contributed by atoms with E-state index >= 15 is 0 Å². The Morgan fingerprint density at radius 3 is 2.37 bits per heavy atom. The molecule has 0 unspecified atom stereocenters. The molecular formula is C28H38N4O5S. The van der Waals surface area contributed by atoms with Crippen LogP contribution < -0.4 is 15.0 Å². The summed E-state index contributed by atoms with van der Waals surface area (Å²) in [6, 6.07) is 13.7. The van der Waals surface area contributed by atoms with E-state index in [0.29, 0.717) is 11.9 Å². The first-order valence-electron chi connectivity index (χ1n) is 12.9. The number of aromatic nitrogens is 2. The molecule has 0 radical (unpaired) electrons. The molecule has 9 nitrogen and oxygen atoms in total. The summed E-state index contributed by atoms with van der Waals surface area (Å²) >= 11 is 0. The Balaban J connectivity index is 0.000000304. The molecule has 2 N–H and O–H groups in total. The first-order chi connectivity index (χ1) is 18.1. The highest BCUT2D eigenvalue weighted by atomic mass is 32.2. The molecule has 1 aliphatic rings. The fourth-order valence-electron chi connectivity index (χ4n) is 4.34. The third kappa shape index (κ3) is 9.68. The maximum Gasteiger partial charge on any atom is 0.333 e. The van der Waals surface area contributed by atoms with Crippen LogP contribution in [0.5, 0.6) is 5.75 Å². The topological polar surface area (TPSA) is 114 Å². The predicted molar refractivity (Wildman–Crippen MR) is 153 cm³/mol. The van der Waals surface area contributed by atoms with Crippen molar-refractivity contribution in [2.45, 2.75) is 51.1 Å². The van der Waals surface area contributed by atoms with E-state index in [2.05, 4.69) is 14.7 Å². The van der Waals surface area contributed by atoms with Crippen molar-refractivity contribution in [3.63, 3.8) is 0 Å². The molecule has 1 aliphatic carbocycles. The summed E-state index contributed by atoms with van der Waals surface area (Å²) in [5.74, 6) is 0.839. The maximum atomic E-state index is 12.6. The summed E-state index contributed by atoms with van der Waals surface area (Å²) in [5.41, 5.74) is 2.09. The van der Waals surface area contributed by atoms with Crippen LogP contribution >= 0.6 is 0 Å². The van der Waals surface area contributed by atoms with Crippen LogP contribution in [0.4, 0.5) is 0 Å². The lowest BCUT2D eigenvalue weighted by molar-refractivity contribution is 0.378. The second-order valence-corrected chi connectivity index (χ2v) is 10.9. The molecule has 1 aromatic heterocycles. The van der Waals surface area contributed by atoms with Crippen LogP contribution in [0.1, 0.15) is 49.7 Å². The number of hydrogen-bond donors (Lipinski definition) is 2. The summed E-state index contributed by atoms with van der Waals surface area (Å²) in [7, 11) is 1.73. The second-order valence-electron chi connectivity index (χ2n) is 9.71. The van der Waals surface area contributed by atoms with E-state index in [-0.39, 0.29) is 11.6 Å². The lowest BCUT2D eigenvalue weighted by atomic mass is 9.96. The highest BCUT2D eigenvalue weighted by Gasteiger charge is 2.17.